The zero-order valence-electron chi connectivity index (χ0n) is 17.0. The van der Waals surface area contributed by atoms with Gasteiger partial charge in [0.2, 0.25) is 0 Å². The molecule has 0 unspecified atom stereocenters. The van der Waals surface area contributed by atoms with Crippen LogP contribution < -0.4 is 9.47 Å². The maximum atomic E-state index is 12.2. The summed E-state index contributed by atoms with van der Waals surface area (Å²) in [7, 11) is 3.08. The number of carbonyl (C=O) groups is 1. The summed E-state index contributed by atoms with van der Waals surface area (Å²) in [6.07, 6.45) is 6.77. The molecular formula is C23H26O7. The molecule has 2 rings (SSSR count). The molecule has 0 aliphatic rings. The summed E-state index contributed by atoms with van der Waals surface area (Å²) in [5.41, 5.74) is 3.18. The van der Waals surface area contributed by atoms with Crippen molar-refractivity contribution in [3.05, 3.63) is 70.8 Å². The standard InChI is InChI=1S/C23H26O7/c1-27-16-29-22-10-6-18(14-23(22)28-2)5-9-21(25)8-4-17-3-7-19(11-12-30-26)20(13-17)15-24/h3-10,13-14,24,26H,11-12,15-16H2,1-2H3/b8-4+,9-5+. The van der Waals surface area contributed by atoms with E-state index in [9.17, 15) is 9.90 Å². The Balaban J connectivity index is 2.04. The van der Waals surface area contributed by atoms with Crippen LogP contribution in [0.2, 0.25) is 0 Å². The minimum Gasteiger partial charge on any atom is -0.493 e. The van der Waals surface area contributed by atoms with Gasteiger partial charge in [0, 0.05) is 7.11 Å². The van der Waals surface area contributed by atoms with E-state index >= 15 is 0 Å². The zero-order valence-corrected chi connectivity index (χ0v) is 17.0. The number of allylic oxidation sites excluding steroid dienone is 2. The lowest BCUT2D eigenvalue weighted by Crippen LogP contribution is -2.00. The molecule has 2 N–H and O–H groups in total. The third-order valence-electron chi connectivity index (χ3n) is 4.26. The zero-order chi connectivity index (χ0) is 21.8. The van der Waals surface area contributed by atoms with Gasteiger partial charge in [0.25, 0.3) is 0 Å². The second-order valence-electron chi connectivity index (χ2n) is 6.30. The van der Waals surface area contributed by atoms with E-state index in [0.717, 1.165) is 22.3 Å². The minimum absolute atomic E-state index is 0.114. The third kappa shape index (κ3) is 7.13. The van der Waals surface area contributed by atoms with Crippen LogP contribution in [0.1, 0.15) is 22.3 Å². The molecule has 0 fully saturated rings. The first-order valence-electron chi connectivity index (χ1n) is 9.30. The first-order chi connectivity index (χ1) is 14.6. The van der Waals surface area contributed by atoms with Gasteiger partial charge in [-0.2, -0.15) is 0 Å². The Bertz CT molecular complexity index is 816. The van der Waals surface area contributed by atoms with Gasteiger partial charge in [0.15, 0.2) is 24.1 Å². The smallest absolute Gasteiger partial charge is 0.188 e. The highest BCUT2D eigenvalue weighted by Crippen LogP contribution is 2.28. The van der Waals surface area contributed by atoms with Gasteiger partial charge in [0.05, 0.1) is 20.3 Å². The lowest BCUT2D eigenvalue weighted by Gasteiger charge is -2.10. The average molecular weight is 414 g/mol. The van der Waals surface area contributed by atoms with Crippen LogP contribution in [-0.2, 0) is 27.4 Å². The Morgan fingerprint density at radius 2 is 1.67 bits per heavy atom. The van der Waals surface area contributed by atoms with Gasteiger partial charge >= 0.3 is 0 Å². The summed E-state index contributed by atoms with van der Waals surface area (Å²) in [5, 5.41) is 18.0. The first kappa shape index (κ1) is 23.3. The second-order valence-corrected chi connectivity index (χ2v) is 6.30. The molecule has 0 radical (unpaired) electrons. The molecule has 30 heavy (non-hydrogen) atoms. The van der Waals surface area contributed by atoms with Crippen LogP contribution in [0, 0.1) is 0 Å². The second kappa shape index (κ2) is 12.6. The van der Waals surface area contributed by atoms with Crippen molar-refractivity contribution in [2.45, 2.75) is 13.0 Å². The van der Waals surface area contributed by atoms with Crippen LogP contribution in [0.15, 0.2) is 48.6 Å². The van der Waals surface area contributed by atoms with E-state index < -0.39 is 0 Å². The number of rotatable bonds is 12. The van der Waals surface area contributed by atoms with E-state index in [0.29, 0.717) is 17.9 Å². The molecule has 0 aliphatic carbocycles. The number of ether oxygens (including phenoxy) is 3. The summed E-state index contributed by atoms with van der Waals surface area (Å²) < 4.78 is 15.6. The van der Waals surface area contributed by atoms with E-state index in [-0.39, 0.29) is 25.8 Å². The quantitative estimate of drug-likeness (QED) is 0.238. The van der Waals surface area contributed by atoms with Gasteiger partial charge in [-0.1, -0.05) is 30.4 Å². The monoisotopic (exact) mass is 414 g/mol. The number of hydrogen-bond donors (Lipinski definition) is 2. The number of aliphatic hydroxyl groups excluding tert-OH is 1. The van der Waals surface area contributed by atoms with Crippen molar-refractivity contribution in [1.29, 1.82) is 0 Å². The normalized spacial score (nSPS) is 11.3. The van der Waals surface area contributed by atoms with Gasteiger partial charge in [-0.05, 0) is 59.0 Å². The van der Waals surface area contributed by atoms with Crippen LogP contribution in [-0.4, -0.2) is 43.8 Å². The van der Waals surface area contributed by atoms with Crippen LogP contribution in [0.3, 0.4) is 0 Å². The highest BCUT2D eigenvalue weighted by atomic mass is 17.1. The topological polar surface area (TPSA) is 94.5 Å². The Kier molecular flexibility index (Phi) is 9.76. The molecule has 2 aromatic rings. The Hall–Kier alpha value is -2.97. The molecule has 160 valence electrons. The van der Waals surface area contributed by atoms with E-state index in [2.05, 4.69) is 4.89 Å². The number of methoxy groups -OCH3 is 2. The molecule has 0 heterocycles. The van der Waals surface area contributed by atoms with Crippen LogP contribution >= 0.6 is 0 Å². The summed E-state index contributed by atoms with van der Waals surface area (Å²) >= 11 is 0. The third-order valence-corrected chi connectivity index (χ3v) is 4.26. The van der Waals surface area contributed by atoms with E-state index in [4.69, 9.17) is 19.5 Å². The van der Waals surface area contributed by atoms with Crippen LogP contribution in [0.4, 0.5) is 0 Å². The van der Waals surface area contributed by atoms with Crippen LogP contribution in [0.5, 0.6) is 11.5 Å². The van der Waals surface area contributed by atoms with E-state index in [1.54, 1.807) is 37.5 Å². The van der Waals surface area contributed by atoms with Gasteiger partial charge in [0.1, 0.15) is 0 Å². The van der Waals surface area contributed by atoms with Crippen molar-refractivity contribution < 1.29 is 34.3 Å². The number of ketones is 1. The fraction of sp³-hybridized carbons (Fsp3) is 0.261. The molecule has 0 bridgehead atoms. The largest absolute Gasteiger partial charge is 0.493 e. The first-order valence-corrected chi connectivity index (χ1v) is 9.30. The van der Waals surface area contributed by atoms with Gasteiger partial charge < -0.3 is 19.3 Å². The number of hydrogen-bond acceptors (Lipinski definition) is 7. The number of aliphatic hydroxyl groups is 1. The Morgan fingerprint density at radius 3 is 2.30 bits per heavy atom. The van der Waals surface area contributed by atoms with Crippen molar-refractivity contribution in [2.75, 3.05) is 27.6 Å². The summed E-state index contributed by atoms with van der Waals surface area (Å²) in [6.45, 7) is 0.126. The molecule has 7 nitrogen and oxygen atoms in total. The lowest BCUT2D eigenvalue weighted by atomic mass is 10.0. The van der Waals surface area contributed by atoms with Crippen molar-refractivity contribution in [3.8, 4) is 11.5 Å². The fourth-order valence-corrected chi connectivity index (χ4v) is 2.74. The highest BCUT2D eigenvalue weighted by Gasteiger charge is 2.05. The molecular weight excluding hydrogens is 388 g/mol. The molecule has 0 saturated heterocycles. The van der Waals surface area contributed by atoms with Crippen molar-refractivity contribution >= 4 is 17.9 Å². The summed E-state index contributed by atoms with van der Waals surface area (Å²) in [4.78, 5) is 16.3. The van der Waals surface area contributed by atoms with Gasteiger partial charge in [-0.15, -0.1) is 0 Å². The number of carbonyl (C=O) groups excluding carboxylic acids is 1. The van der Waals surface area contributed by atoms with E-state index in [1.807, 2.05) is 18.2 Å². The lowest BCUT2D eigenvalue weighted by molar-refractivity contribution is -0.241. The van der Waals surface area contributed by atoms with E-state index in [1.165, 1.54) is 19.3 Å². The maximum absolute atomic E-state index is 12.2. The maximum Gasteiger partial charge on any atom is 0.188 e. The molecule has 2 aromatic carbocycles. The number of benzene rings is 2. The van der Waals surface area contributed by atoms with Crippen molar-refractivity contribution in [1.82, 2.24) is 0 Å². The van der Waals surface area contributed by atoms with Gasteiger partial charge in [-0.25, -0.2) is 4.89 Å². The Morgan fingerprint density at radius 1 is 0.967 bits per heavy atom. The minimum atomic E-state index is -0.183. The molecule has 0 saturated carbocycles. The molecule has 7 heteroatoms. The summed E-state index contributed by atoms with van der Waals surface area (Å²) in [6, 6.07) is 10.8. The molecule has 0 spiro atoms. The summed E-state index contributed by atoms with van der Waals surface area (Å²) in [5.74, 6) is 0.911. The predicted molar refractivity (Wildman–Crippen MR) is 113 cm³/mol. The molecule has 0 amide bonds. The molecule has 0 aliphatic heterocycles. The van der Waals surface area contributed by atoms with Crippen molar-refractivity contribution in [3.63, 3.8) is 0 Å². The molecule has 0 atom stereocenters. The predicted octanol–water partition coefficient (Wildman–Crippen LogP) is 3.50. The van der Waals surface area contributed by atoms with Crippen LogP contribution in [0.25, 0.3) is 12.2 Å². The van der Waals surface area contributed by atoms with Crippen molar-refractivity contribution in [2.24, 2.45) is 0 Å². The highest BCUT2D eigenvalue weighted by molar-refractivity contribution is 6.04. The molecule has 0 aromatic heterocycles. The average Bonchev–Trinajstić information content (AvgIpc) is 2.78. The fourth-order valence-electron chi connectivity index (χ4n) is 2.74. The Labute approximate surface area is 175 Å². The van der Waals surface area contributed by atoms with Gasteiger partial charge in [-0.3, -0.25) is 10.1 Å². The SMILES string of the molecule is COCOc1ccc(/C=C/C(=O)/C=C/c2ccc(CCOO)c(CO)c2)cc1OC.